The summed E-state index contributed by atoms with van der Waals surface area (Å²) in [5, 5.41) is 3.32. The summed E-state index contributed by atoms with van der Waals surface area (Å²) in [5.74, 6) is -0.0368. The smallest absolute Gasteiger partial charge is 0.337 e. The van der Waals surface area contributed by atoms with E-state index >= 15 is 0 Å². The van der Waals surface area contributed by atoms with Gasteiger partial charge in [0, 0.05) is 29.0 Å². The number of esters is 1. The van der Waals surface area contributed by atoms with Crippen LogP contribution in [0.2, 0.25) is 0 Å². The van der Waals surface area contributed by atoms with Crippen LogP contribution in [0.25, 0.3) is 0 Å². The lowest BCUT2D eigenvalue weighted by atomic mass is 9.68. The molecule has 160 valence electrons. The number of hydrogen-bond acceptors (Lipinski definition) is 6. The highest BCUT2D eigenvalue weighted by molar-refractivity contribution is 6.04. The van der Waals surface area contributed by atoms with E-state index < -0.39 is 11.9 Å². The van der Waals surface area contributed by atoms with Crippen LogP contribution in [-0.2, 0) is 14.3 Å². The molecule has 6 nitrogen and oxygen atoms in total. The van der Waals surface area contributed by atoms with Crippen LogP contribution in [0, 0.1) is 5.41 Å². The highest BCUT2D eigenvalue weighted by Gasteiger charge is 2.44. The number of carbonyl (C=O) groups excluding carboxylic acids is 2. The summed E-state index contributed by atoms with van der Waals surface area (Å²) in [4.78, 5) is 26.3. The van der Waals surface area contributed by atoms with Crippen molar-refractivity contribution in [2.45, 2.75) is 39.5 Å². The summed E-state index contributed by atoms with van der Waals surface area (Å²) in [6, 6.07) is 5.48. The second-order valence-corrected chi connectivity index (χ2v) is 8.40. The highest BCUT2D eigenvalue weighted by atomic mass is 16.5. The van der Waals surface area contributed by atoms with Crippen molar-refractivity contribution in [3.63, 3.8) is 0 Å². The number of carbonyl (C=O) groups is 2. The molecule has 0 radical (unpaired) electrons. The standard InChI is InChI=1S/C24H29NO5/c1-7-11-30-23(27)19-14(2)25-16-12-24(3,4)13-17(26)21(16)20(19)15-9-8-10-18(28-5)22(15)29-6/h7-10,20,25H,1,11-13H2,2-6H3. The number of methoxy groups -OCH3 is 2. The Morgan fingerprint density at radius 3 is 2.63 bits per heavy atom. The first-order valence-electron chi connectivity index (χ1n) is 9.97. The number of rotatable bonds is 6. The van der Waals surface area contributed by atoms with E-state index in [0.29, 0.717) is 46.7 Å². The van der Waals surface area contributed by atoms with Gasteiger partial charge in [-0.25, -0.2) is 4.79 Å². The molecule has 0 bridgehead atoms. The van der Waals surface area contributed by atoms with Crippen molar-refractivity contribution in [3.8, 4) is 11.5 Å². The van der Waals surface area contributed by atoms with E-state index in [-0.39, 0.29) is 17.8 Å². The molecule has 3 rings (SSSR count). The van der Waals surface area contributed by atoms with Crippen molar-refractivity contribution in [2.75, 3.05) is 20.8 Å². The minimum Gasteiger partial charge on any atom is -0.493 e. The van der Waals surface area contributed by atoms with Crippen LogP contribution in [-0.4, -0.2) is 32.6 Å². The molecule has 0 saturated heterocycles. The van der Waals surface area contributed by atoms with Gasteiger partial charge < -0.3 is 19.5 Å². The number of hydrogen-bond donors (Lipinski definition) is 1. The molecule has 0 spiro atoms. The van der Waals surface area contributed by atoms with Crippen LogP contribution in [0.5, 0.6) is 11.5 Å². The van der Waals surface area contributed by atoms with Gasteiger partial charge in [-0.1, -0.05) is 38.6 Å². The maximum Gasteiger partial charge on any atom is 0.337 e. The van der Waals surface area contributed by atoms with E-state index in [0.717, 1.165) is 5.70 Å². The van der Waals surface area contributed by atoms with Gasteiger partial charge in [-0.15, -0.1) is 0 Å². The predicted molar refractivity (Wildman–Crippen MR) is 114 cm³/mol. The molecule has 1 N–H and O–H groups in total. The van der Waals surface area contributed by atoms with Crippen LogP contribution in [0.1, 0.15) is 45.1 Å². The third-order valence-corrected chi connectivity index (χ3v) is 5.54. The predicted octanol–water partition coefficient (Wildman–Crippen LogP) is 4.04. The van der Waals surface area contributed by atoms with Crippen LogP contribution in [0.15, 0.2) is 53.4 Å². The van der Waals surface area contributed by atoms with Crippen molar-refractivity contribution in [1.29, 1.82) is 0 Å². The minimum atomic E-state index is -0.604. The van der Waals surface area contributed by atoms with Gasteiger partial charge in [0.05, 0.1) is 25.7 Å². The Morgan fingerprint density at radius 1 is 1.27 bits per heavy atom. The van der Waals surface area contributed by atoms with Crippen molar-refractivity contribution >= 4 is 11.8 Å². The fourth-order valence-electron chi connectivity index (χ4n) is 4.37. The van der Waals surface area contributed by atoms with Gasteiger partial charge >= 0.3 is 5.97 Å². The number of para-hydroxylation sites is 1. The molecular weight excluding hydrogens is 382 g/mol. The molecule has 2 aliphatic rings. The Morgan fingerprint density at radius 2 is 2.00 bits per heavy atom. The fourth-order valence-corrected chi connectivity index (χ4v) is 4.37. The van der Waals surface area contributed by atoms with Crippen LogP contribution < -0.4 is 14.8 Å². The average molecular weight is 411 g/mol. The number of benzene rings is 1. The molecule has 1 atom stereocenters. The van der Waals surface area contributed by atoms with Crippen molar-refractivity contribution in [2.24, 2.45) is 5.41 Å². The Hall–Kier alpha value is -3.02. The average Bonchev–Trinajstić information content (AvgIpc) is 2.69. The van der Waals surface area contributed by atoms with Crippen molar-refractivity contribution in [3.05, 3.63) is 59.0 Å². The summed E-state index contributed by atoms with van der Waals surface area (Å²) in [7, 11) is 3.11. The number of ether oxygens (including phenoxy) is 3. The van der Waals surface area contributed by atoms with E-state index in [1.54, 1.807) is 20.3 Å². The van der Waals surface area contributed by atoms with Crippen molar-refractivity contribution < 1.29 is 23.8 Å². The largest absolute Gasteiger partial charge is 0.493 e. The van der Waals surface area contributed by atoms with Gasteiger partial charge in [0.1, 0.15) is 6.61 Å². The van der Waals surface area contributed by atoms with Gasteiger partial charge in [0.15, 0.2) is 17.3 Å². The molecule has 1 unspecified atom stereocenters. The van der Waals surface area contributed by atoms with E-state index in [1.165, 1.54) is 6.08 Å². The van der Waals surface area contributed by atoms with E-state index in [2.05, 4.69) is 25.7 Å². The highest BCUT2D eigenvalue weighted by Crippen LogP contribution is 2.50. The Kier molecular flexibility index (Phi) is 6.06. The van der Waals surface area contributed by atoms with E-state index in [9.17, 15) is 9.59 Å². The first kappa shape index (κ1) is 21.7. The molecule has 1 aromatic carbocycles. The van der Waals surface area contributed by atoms with Gasteiger partial charge in [0.2, 0.25) is 0 Å². The van der Waals surface area contributed by atoms with Crippen LogP contribution in [0.4, 0.5) is 0 Å². The summed E-state index contributed by atoms with van der Waals surface area (Å²) in [6.07, 6.45) is 2.64. The SMILES string of the molecule is C=CCOC(=O)C1=C(C)NC2=C(C(=O)CC(C)(C)C2)C1c1cccc(OC)c1OC. The molecule has 1 aromatic rings. The van der Waals surface area contributed by atoms with Gasteiger partial charge in [-0.05, 0) is 24.8 Å². The van der Waals surface area contributed by atoms with Gasteiger partial charge in [-0.2, -0.15) is 0 Å². The van der Waals surface area contributed by atoms with Crippen molar-refractivity contribution in [1.82, 2.24) is 5.32 Å². The first-order valence-corrected chi connectivity index (χ1v) is 9.97. The summed E-state index contributed by atoms with van der Waals surface area (Å²) >= 11 is 0. The zero-order chi connectivity index (χ0) is 22.1. The van der Waals surface area contributed by atoms with E-state index in [4.69, 9.17) is 14.2 Å². The monoisotopic (exact) mass is 411 g/mol. The molecule has 0 saturated carbocycles. The molecule has 0 amide bonds. The zero-order valence-corrected chi connectivity index (χ0v) is 18.3. The quantitative estimate of drug-likeness (QED) is 0.563. The summed E-state index contributed by atoms with van der Waals surface area (Å²) in [6.45, 7) is 9.68. The number of Topliss-reactive ketones (excluding diaryl/α,β-unsaturated/α-hetero) is 1. The molecule has 1 aliphatic heterocycles. The second-order valence-electron chi connectivity index (χ2n) is 8.40. The van der Waals surface area contributed by atoms with Gasteiger partial charge in [0.25, 0.3) is 0 Å². The topological polar surface area (TPSA) is 73.9 Å². The number of allylic oxidation sites excluding steroid dienone is 3. The number of dihydropyridines is 1. The molecule has 1 heterocycles. The minimum absolute atomic E-state index is 0.0187. The molecule has 30 heavy (non-hydrogen) atoms. The lowest BCUT2D eigenvalue weighted by Gasteiger charge is -2.39. The molecule has 0 aromatic heterocycles. The molecule has 1 aliphatic carbocycles. The lowest BCUT2D eigenvalue weighted by Crippen LogP contribution is -2.38. The molecule has 0 fully saturated rings. The molecule has 6 heteroatoms. The third kappa shape index (κ3) is 3.86. The summed E-state index contributed by atoms with van der Waals surface area (Å²) < 4.78 is 16.5. The molecular formula is C24H29NO5. The third-order valence-electron chi connectivity index (χ3n) is 5.54. The second kappa shape index (κ2) is 8.38. The van der Waals surface area contributed by atoms with E-state index in [1.807, 2.05) is 19.1 Å². The normalized spacial score (nSPS) is 20.3. The Balaban J connectivity index is 2.25. The Bertz CT molecular complexity index is 954. The van der Waals surface area contributed by atoms with Gasteiger partial charge in [-0.3, -0.25) is 4.79 Å². The summed E-state index contributed by atoms with van der Waals surface area (Å²) in [5.41, 5.74) is 3.05. The van der Waals surface area contributed by atoms with Crippen LogP contribution in [0.3, 0.4) is 0 Å². The number of nitrogens with one attached hydrogen (secondary N) is 1. The maximum atomic E-state index is 13.3. The fraction of sp³-hybridized carbons (Fsp3) is 0.417. The zero-order valence-electron chi connectivity index (χ0n) is 18.3. The number of ketones is 1. The Labute approximate surface area is 177 Å². The van der Waals surface area contributed by atoms with Crippen LogP contribution >= 0.6 is 0 Å². The first-order chi connectivity index (χ1) is 14.2. The lowest BCUT2D eigenvalue weighted by molar-refractivity contribution is -0.138. The maximum absolute atomic E-state index is 13.3.